The molecule has 0 saturated carbocycles. The molecule has 0 aliphatic rings. The van der Waals surface area contributed by atoms with Gasteiger partial charge in [0.2, 0.25) is 5.82 Å². The van der Waals surface area contributed by atoms with E-state index in [-0.39, 0.29) is 0 Å². The highest BCUT2D eigenvalue weighted by Gasteiger charge is 2.11. The summed E-state index contributed by atoms with van der Waals surface area (Å²) in [5, 5.41) is 3.90. The minimum atomic E-state index is 0.392. The molecule has 0 unspecified atom stereocenters. The summed E-state index contributed by atoms with van der Waals surface area (Å²) in [4.78, 5) is 11.2. The highest BCUT2D eigenvalue weighted by molar-refractivity contribution is 5.56. The fourth-order valence-electron chi connectivity index (χ4n) is 1.41. The van der Waals surface area contributed by atoms with Gasteiger partial charge in [-0.2, -0.15) is 4.98 Å². The maximum Gasteiger partial charge on any atom is 0.294 e. The summed E-state index contributed by atoms with van der Waals surface area (Å²) in [5.41, 5.74) is 0.920. The minimum Gasteiger partial charge on any atom is -0.341 e. The second kappa shape index (κ2) is 3.62. The Morgan fingerprint density at radius 3 is 2.75 bits per heavy atom. The number of imidazole rings is 1. The summed E-state index contributed by atoms with van der Waals surface area (Å²) in [6.07, 6.45) is 3.35. The summed E-state index contributed by atoms with van der Waals surface area (Å²) in [6, 6.07) is 9.65. The normalized spacial score (nSPS) is 10.5. The van der Waals surface area contributed by atoms with Crippen LogP contribution in [0.15, 0.2) is 47.2 Å². The van der Waals surface area contributed by atoms with Crippen molar-refractivity contribution in [2.75, 3.05) is 0 Å². The molecule has 3 rings (SSSR count). The lowest BCUT2D eigenvalue weighted by Gasteiger charge is -1.90. The molecule has 78 valence electrons. The molecular formula is C11H8N4O. The van der Waals surface area contributed by atoms with Crippen LogP contribution in [-0.4, -0.2) is 20.1 Å². The average molecular weight is 212 g/mol. The van der Waals surface area contributed by atoms with E-state index < -0.39 is 0 Å². The summed E-state index contributed by atoms with van der Waals surface area (Å²) in [7, 11) is 0. The van der Waals surface area contributed by atoms with Crippen LogP contribution in [0, 0.1) is 0 Å². The number of aromatic nitrogens is 4. The van der Waals surface area contributed by atoms with E-state index in [2.05, 4.69) is 20.1 Å². The fourth-order valence-corrected chi connectivity index (χ4v) is 1.41. The lowest BCUT2D eigenvalue weighted by molar-refractivity contribution is 0.430. The molecule has 2 heterocycles. The van der Waals surface area contributed by atoms with E-state index in [9.17, 15) is 0 Å². The van der Waals surface area contributed by atoms with E-state index in [1.54, 1.807) is 12.4 Å². The lowest BCUT2D eigenvalue weighted by atomic mass is 10.2. The number of nitrogens with one attached hydrogen (secondary N) is 1. The molecule has 1 N–H and O–H groups in total. The zero-order chi connectivity index (χ0) is 10.8. The van der Waals surface area contributed by atoms with Gasteiger partial charge < -0.3 is 9.51 Å². The Morgan fingerprint density at radius 2 is 2.00 bits per heavy atom. The van der Waals surface area contributed by atoms with Crippen molar-refractivity contribution in [3.8, 4) is 23.1 Å². The largest absolute Gasteiger partial charge is 0.341 e. The second-order valence-electron chi connectivity index (χ2n) is 3.23. The van der Waals surface area contributed by atoms with Gasteiger partial charge in [-0.25, -0.2) is 4.98 Å². The number of nitrogens with zero attached hydrogens (tertiary/aromatic N) is 3. The van der Waals surface area contributed by atoms with E-state index >= 15 is 0 Å². The van der Waals surface area contributed by atoms with Gasteiger partial charge in [0.1, 0.15) is 0 Å². The van der Waals surface area contributed by atoms with Gasteiger partial charge in [0, 0.05) is 18.0 Å². The smallest absolute Gasteiger partial charge is 0.294 e. The predicted octanol–water partition coefficient (Wildman–Crippen LogP) is 2.13. The second-order valence-corrected chi connectivity index (χ2v) is 3.23. The third-order valence-electron chi connectivity index (χ3n) is 2.16. The van der Waals surface area contributed by atoms with Crippen LogP contribution in [0.5, 0.6) is 0 Å². The topological polar surface area (TPSA) is 67.6 Å². The summed E-state index contributed by atoms with van der Waals surface area (Å²) < 4.78 is 5.11. The van der Waals surface area contributed by atoms with E-state index in [1.165, 1.54) is 0 Å². The molecular weight excluding hydrogens is 204 g/mol. The van der Waals surface area contributed by atoms with Crippen molar-refractivity contribution >= 4 is 0 Å². The van der Waals surface area contributed by atoms with Gasteiger partial charge in [0.15, 0.2) is 5.82 Å². The molecule has 0 fully saturated rings. The van der Waals surface area contributed by atoms with Gasteiger partial charge in [0.05, 0.1) is 0 Å². The van der Waals surface area contributed by atoms with Crippen LogP contribution in [0.4, 0.5) is 0 Å². The molecule has 2 aromatic heterocycles. The van der Waals surface area contributed by atoms with Gasteiger partial charge >= 0.3 is 0 Å². The molecule has 0 radical (unpaired) electrons. The van der Waals surface area contributed by atoms with Crippen molar-refractivity contribution in [3.05, 3.63) is 42.7 Å². The van der Waals surface area contributed by atoms with Crippen LogP contribution in [0.1, 0.15) is 0 Å². The number of hydrogen-bond acceptors (Lipinski definition) is 4. The van der Waals surface area contributed by atoms with Crippen LogP contribution < -0.4 is 0 Å². The van der Waals surface area contributed by atoms with Crippen LogP contribution in [0.25, 0.3) is 23.1 Å². The Morgan fingerprint density at radius 1 is 1.12 bits per heavy atom. The maximum atomic E-state index is 5.11. The zero-order valence-corrected chi connectivity index (χ0v) is 8.29. The molecule has 0 spiro atoms. The molecule has 0 saturated heterocycles. The van der Waals surface area contributed by atoms with E-state index in [0.29, 0.717) is 17.5 Å². The SMILES string of the molecule is c1ccc(-c2noc(-c3ncc[nH]3)n2)cc1. The van der Waals surface area contributed by atoms with Crippen molar-refractivity contribution < 1.29 is 4.52 Å². The molecule has 5 heteroatoms. The average Bonchev–Trinajstić information content (AvgIpc) is 3.01. The van der Waals surface area contributed by atoms with E-state index in [0.717, 1.165) is 5.56 Å². The van der Waals surface area contributed by atoms with Crippen LogP contribution in [0.2, 0.25) is 0 Å². The van der Waals surface area contributed by atoms with Crippen LogP contribution in [0.3, 0.4) is 0 Å². The summed E-state index contributed by atoms with van der Waals surface area (Å²) >= 11 is 0. The Bertz CT molecular complexity index is 571. The number of hydrogen-bond donors (Lipinski definition) is 1. The van der Waals surface area contributed by atoms with Gasteiger partial charge in [-0.05, 0) is 0 Å². The van der Waals surface area contributed by atoms with Crippen molar-refractivity contribution in [2.45, 2.75) is 0 Å². The molecule has 0 aliphatic carbocycles. The summed E-state index contributed by atoms with van der Waals surface area (Å²) in [6.45, 7) is 0. The van der Waals surface area contributed by atoms with Crippen molar-refractivity contribution in [3.63, 3.8) is 0 Å². The standard InChI is InChI=1S/C11H8N4O/c1-2-4-8(5-3-1)9-14-11(16-15-9)10-12-6-7-13-10/h1-7H,(H,12,13). The number of benzene rings is 1. The maximum absolute atomic E-state index is 5.11. The number of aromatic amines is 1. The van der Waals surface area contributed by atoms with Gasteiger partial charge in [-0.3, -0.25) is 0 Å². The molecule has 0 atom stereocenters. The van der Waals surface area contributed by atoms with Gasteiger partial charge in [-0.1, -0.05) is 35.5 Å². The Hall–Kier alpha value is -2.43. The summed E-state index contributed by atoms with van der Waals surface area (Å²) in [5.74, 6) is 1.53. The molecule has 16 heavy (non-hydrogen) atoms. The Labute approximate surface area is 91.2 Å². The quantitative estimate of drug-likeness (QED) is 0.706. The fraction of sp³-hybridized carbons (Fsp3) is 0. The van der Waals surface area contributed by atoms with E-state index in [1.807, 2.05) is 30.3 Å². The minimum absolute atomic E-state index is 0.392. The molecule has 1 aromatic carbocycles. The van der Waals surface area contributed by atoms with Gasteiger partial charge in [0.25, 0.3) is 5.89 Å². The first kappa shape index (κ1) is 8.84. The van der Waals surface area contributed by atoms with Crippen LogP contribution >= 0.6 is 0 Å². The third-order valence-corrected chi connectivity index (χ3v) is 2.16. The third kappa shape index (κ3) is 1.48. The Balaban J connectivity index is 2.00. The highest BCUT2D eigenvalue weighted by Crippen LogP contribution is 2.18. The Kier molecular flexibility index (Phi) is 2.00. The lowest BCUT2D eigenvalue weighted by Crippen LogP contribution is -1.81. The molecule has 0 amide bonds. The van der Waals surface area contributed by atoms with Crippen molar-refractivity contribution in [1.82, 2.24) is 20.1 Å². The number of H-pyrrole nitrogens is 1. The molecule has 3 aromatic rings. The first-order chi connectivity index (χ1) is 7.93. The highest BCUT2D eigenvalue weighted by atomic mass is 16.5. The van der Waals surface area contributed by atoms with Crippen molar-refractivity contribution in [1.29, 1.82) is 0 Å². The van der Waals surface area contributed by atoms with E-state index in [4.69, 9.17) is 4.52 Å². The monoisotopic (exact) mass is 212 g/mol. The van der Waals surface area contributed by atoms with Crippen LogP contribution in [-0.2, 0) is 0 Å². The van der Waals surface area contributed by atoms with Crippen molar-refractivity contribution in [2.24, 2.45) is 0 Å². The van der Waals surface area contributed by atoms with Gasteiger partial charge in [-0.15, -0.1) is 0 Å². The number of rotatable bonds is 2. The first-order valence-corrected chi connectivity index (χ1v) is 4.82. The zero-order valence-electron chi connectivity index (χ0n) is 8.29. The first-order valence-electron chi connectivity index (χ1n) is 4.82. The molecule has 5 nitrogen and oxygen atoms in total. The molecule has 0 bridgehead atoms. The molecule has 0 aliphatic heterocycles. The predicted molar refractivity (Wildman–Crippen MR) is 57.3 cm³/mol.